The average Bonchev–Trinajstić information content (AvgIpc) is 2.63. The lowest BCUT2D eigenvalue weighted by Gasteiger charge is -2.13. The molecule has 1 amide bonds. The topological polar surface area (TPSA) is 55.2 Å². The Hall–Kier alpha value is -3.21. The van der Waals surface area contributed by atoms with Gasteiger partial charge in [-0.1, -0.05) is 30.3 Å². The molecule has 0 radical (unpaired) electrons. The normalized spacial score (nSPS) is 15.9. The minimum absolute atomic E-state index is 0.197. The highest BCUT2D eigenvalue weighted by Gasteiger charge is 2.19. The molecule has 1 aromatic heterocycles. The van der Waals surface area contributed by atoms with Gasteiger partial charge in [0.25, 0.3) is 5.91 Å². The van der Waals surface area contributed by atoms with E-state index in [0.717, 1.165) is 10.8 Å². The lowest BCUT2D eigenvalue weighted by Crippen LogP contribution is -2.34. The maximum absolute atomic E-state index is 14.4. The maximum Gasteiger partial charge on any atom is 0.253 e. The van der Waals surface area contributed by atoms with E-state index < -0.39 is 0 Å². The monoisotopic (exact) mass is 331 g/mol. The summed E-state index contributed by atoms with van der Waals surface area (Å²) in [5.41, 5.74) is 1.62. The highest BCUT2D eigenvalue weighted by molar-refractivity contribution is 5.86. The molecule has 4 rings (SSSR count). The van der Waals surface area contributed by atoms with Crippen molar-refractivity contribution in [3.63, 3.8) is 0 Å². The first-order chi connectivity index (χ1) is 12.2. The second-order valence-electron chi connectivity index (χ2n) is 5.89. The fraction of sp³-hybridized carbons (Fsp3) is 0.100. The first-order valence-electron chi connectivity index (χ1n) is 7.95. The number of benzene rings is 2. The van der Waals surface area contributed by atoms with Gasteiger partial charge in [-0.25, -0.2) is 9.38 Å². The van der Waals surface area contributed by atoms with Crippen LogP contribution in [0.1, 0.15) is 5.56 Å². The molecule has 0 fully saturated rings. The molecule has 0 saturated heterocycles. The van der Waals surface area contributed by atoms with Gasteiger partial charge in [0.1, 0.15) is 5.82 Å². The Kier molecular flexibility index (Phi) is 3.90. The van der Waals surface area contributed by atoms with Crippen molar-refractivity contribution in [3.05, 3.63) is 83.0 Å². The SMILES string of the molecule is O=C1N=c2ccccc2=CC1Cc1ccc(-c2cnccn2)c(F)c1. The summed E-state index contributed by atoms with van der Waals surface area (Å²) >= 11 is 0. The number of carbonyl (C=O) groups excluding carboxylic acids is 1. The molecule has 2 aromatic carbocycles. The van der Waals surface area contributed by atoms with Gasteiger partial charge >= 0.3 is 0 Å². The van der Waals surface area contributed by atoms with Crippen LogP contribution in [0.15, 0.2) is 66.0 Å². The van der Waals surface area contributed by atoms with Gasteiger partial charge in [0, 0.05) is 18.0 Å². The number of aromatic nitrogens is 2. The number of fused-ring (bicyclic) bond motifs is 1. The molecule has 0 saturated carbocycles. The minimum atomic E-state index is -0.378. The fourth-order valence-corrected chi connectivity index (χ4v) is 2.95. The van der Waals surface area contributed by atoms with Crippen LogP contribution in [0.25, 0.3) is 17.3 Å². The largest absolute Gasteiger partial charge is 0.272 e. The van der Waals surface area contributed by atoms with Crippen LogP contribution in [-0.4, -0.2) is 15.9 Å². The number of hydrogen-bond donors (Lipinski definition) is 0. The Morgan fingerprint density at radius 1 is 1.08 bits per heavy atom. The van der Waals surface area contributed by atoms with Gasteiger partial charge in [-0.15, -0.1) is 0 Å². The second-order valence-corrected chi connectivity index (χ2v) is 5.89. The first-order valence-corrected chi connectivity index (χ1v) is 7.95. The molecule has 1 atom stereocenters. The number of carbonyl (C=O) groups is 1. The van der Waals surface area contributed by atoms with Crippen LogP contribution in [0.2, 0.25) is 0 Å². The maximum atomic E-state index is 14.4. The van der Waals surface area contributed by atoms with E-state index in [1.165, 1.54) is 18.5 Å². The Morgan fingerprint density at radius 3 is 2.76 bits per heavy atom. The van der Waals surface area contributed by atoms with Crippen molar-refractivity contribution in [2.45, 2.75) is 6.42 Å². The summed E-state index contributed by atoms with van der Waals surface area (Å²) in [5, 5.41) is 1.62. The molecule has 2 heterocycles. The molecule has 1 aliphatic heterocycles. The lowest BCUT2D eigenvalue weighted by molar-refractivity contribution is -0.120. The van der Waals surface area contributed by atoms with E-state index in [2.05, 4.69) is 15.0 Å². The van der Waals surface area contributed by atoms with Crippen LogP contribution in [-0.2, 0) is 11.2 Å². The molecular formula is C20H14FN3O. The van der Waals surface area contributed by atoms with Crippen LogP contribution in [0, 0.1) is 11.7 Å². The summed E-state index contributed by atoms with van der Waals surface area (Å²) in [4.78, 5) is 24.4. The summed E-state index contributed by atoms with van der Waals surface area (Å²) < 4.78 is 14.4. The second kappa shape index (κ2) is 6.36. The standard InChI is InChI=1S/C20H14FN3O/c21-17-10-13(5-6-16(17)19-12-22-7-8-23-19)9-15-11-14-3-1-2-4-18(14)24-20(15)25/h1-8,10-12,15H,9H2. The quantitative estimate of drug-likeness (QED) is 0.738. The molecule has 0 N–H and O–H groups in total. The van der Waals surface area contributed by atoms with Gasteiger partial charge in [0.2, 0.25) is 0 Å². The summed E-state index contributed by atoms with van der Waals surface area (Å²) in [5.74, 6) is -0.952. The average molecular weight is 331 g/mol. The number of hydrogen-bond acceptors (Lipinski definition) is 3. The van der Waals surface area contributed by atoms with E-state index in [4.69, 9.17) is 0 Å². The van der Waals surface area contributed by atoms with E-state index in [1.807, 2.05) is 36.4 Å². The van der Waals surface area contributed by atoms with Crippen LogP contribution >= 0.6 is 0 Å². The number of rotatable bonds is 3. The van der Waals surface area contributed by atoms with Crippen molar-refractivity contribution in [2.24, 2.45) is 10.9 Å². The molecule has 3 aromatic rings. The van der Waals surface area contributed by atoms with Crippen LogP contribution in [0.3, 0.4) is 0 Å². The summed E-state index contributed by atoms with van der Waals surface area (Å²) in [6, 6.07) is 12.4. The van der Waals surface area contributed by atoms with Crippen molar-refractivity contribution in [3.8, 4) is 11.3 Å². The zero-order valence-electron chi connectivity index (χ0n) is 13.3. The van der Waals surface area contributed by atoms with Crippen molar-refractivity contribution >= 4 is 12.0 Å². The van der Waals surface area contributed by atoms with Crippen molar-refractivity contribution in [1.29, 1.82) is 0 Å². The van der Waals surface area contributed by atoms with Crippen molar-refractivity contribution < 1.29 is 9.18 Å². The van der Waals surface area contributed by atoms with Crippen molar-refractivity contribution in [2.75, 3.05) is 0 Å². The molecule has 1 aliphatic rings. The molecule has 4 nitrogen and oxygen atoms in total. The van der Waals surface area contributed by atoms with Crippen molar-refractivity contribution in [1.82, 2.24) is 9.97 Å². The molecule has 1 unspecified atom stereocenters. The number of halogens is 1. The van der Waals surface area contributed by atoms with Gasteiger partial charge in [0.15, 0.2) is 0 Å². The Balaban J connectivity index is 1.63. The van der Waals surface area contributed by atoms with Gasteiger partial charge in [-0.3, -0.25) is 14.8 Å². The number of nitrogens with zero attached hydrogens (tertiary/aromatic N) is 3. The van der Waals surface area contributed by atoms with E-state index in [1.54, 1.807) is 12.3 Å². The summed E-state index contributed by atoms with van der Waals surface area (Å²) in [6.45, 7) is 0. The third-order valence-corrected chi connectivity index (χ3v) is 4.19. The van der Waals surface area contributed by atoms with Gasteiger partial charge in [-0.2, -0.15) is 0 Å². The highest BCUT2D eigenvalue weighted by atomic mass is 19.1. The Labute approximate surface area is 143 Å². The van der Waals surface area contributed by atoms with E-state index >= 15 is 0 Å². The van der Waals surface area contributed by atoms with Crippen LogP contribution in [0.5, 0.6) is 0 Å². The lowest BCUT2D eigenvalue weighted by atomic mass is 9.94. The zero-order chi connectivity index (χ0) is 17.2. The first kappa shape index (κ1) is 15.3. The summed E-state index contributed by atoms with van der Waals surface area (Å²) in [6.07, 6.45) is 6.90. The van der Waals surface area contributed by atoms with E-state index in [0.29, 0.717) is 23.0 Å². The van der Waals surface area contributed by atoms with Gasteiger partial charge in [0.05, 0.1) is 23.2 Å². The molecule has 122 valence electrons. The predicted octanol–water partition coefficient (Wildman–Crippen LogP) is 2.08. The van der Waals surface area contributed by atoms with Crippen LogP contribution in [0.4, 0.5) is 4.39 Å². The fourth-order valence-electron chi connectivity index (χ4n) is 2.95. The van der Waals surface area contributed by atoms with E-state index in [-0.39, 0.29) is 17.6 Å². The Bertz CT molecular complexity index is 1060. The van der Waals surface area contributed by atoms with Gasteiger partial charge < -0.3 is 0 Å². The molecule has 0 bridgehead atoms. The highest BCUT2D eigenvalue weighted by Crippen LogP contribution is 2.23. The third kappa shape index (κ3) is 3.08. The minimum Gasteiger partial charge on any atom is -0.272 e. The predicted molar refractivity (Wildman–Crippen MR) is 91.3 cm³/mol. The zero-order valence-corrected chi connectivity index (χ0v) is 13.3. The smallest absolute Gasteiger partial charge is 0.253 e. The number of para-hydroxylation sites is 1. The molecule has 25 heavy (non-hydrogen) atoms. The molecule has 0 aliphatic carbocycles. The summed E-state index contributed by atoms with van der Waals surface area (Å²) in [7, 11) is 0. The third-order valence-electron chi connectivity index (χ3n) is 4.19. The van der Waals surface area contributed by atoms with Crippen LogP contribution < -0.4 is 10.6 Å². The number of amides is 1. The Morgan fingerprint density at radius 2 is 1.96 bits per heavy atom. The molecule has 0 spiro atoms. The van der Waals surface area contributed by atoms with Gasteiger partial charge in [-0.05, 0) is 35.4 Å². The molecule has 5 heteroatoms. The van der Waals surface area contributed by atoms with E-state index in [9.17, 15) is 9.18 Å². The molecular weight excluding hydrogens is 317 g/mol.